The normalized spacial score (nSPS) is 11.8. The number of hydrogen-bond acceptors (Lipinski definition) is 7. The molecule has 11 nitrogen and oxygen atoms in total. The zero-order valence-electron chi connectivity index (χ0n) is 27.0. The molecule has 11 heteroatoms. The lowest BCUT2D eigenvalue weighted by molar-refractivity contribution is -0.134. The third-order valence-electron chi connectivity index (χ3n) is 7.31. The molecule has 0 bridgehead atoms. The first-order valence-corrected chi connectivity index (χ1v) is 14.9. The van der Waals surface area contributed by atoms with E-state index in [9.17, 15) is 24.0 Å². The molecule has 43 heavy (non-hydrogen) atoms. The molecule has 1 atom stereocenters. The van der Waals surface area contributed by atoms with Gasteiger partial charge in [-0.3, -0.25) is 19.2 Å². The average molecular weight is 602 g/mol. The molecule has 0 aliphatic carbocycles. The maximum Gasteiger partial charge on any atom is 0.317 e. The number of nitrogens with zero attached hydrogens (tertiary/aromatic N) is 3. The Kier molecular flexibility index (Phi) is 17.5. The van der Waals surface area contributed by atoms with Crippen LogP contribution in [0.4, 0.5) is 10.5 Å². The summed E-state index contributed by atoms with van der Waals surface area (Å²) in [4.78, 5) is 65.3. The number of benzene rings is 1. The van der Waals surface area contributed by atoms with Gasteiger partial charge in [-0.15, -0.1) is 0 Å². The summed E-state index contributed by atoms with van der Waals surface area (Å²) in [6, 6.07) is 6.99. The van der Waals surface area contributed by atoms with Crippen molar-refractivity contribution in [3.63, 3.8) is 0 Å². The number of urea groups is 1. The van der Waals surface area contributed by atoms with Crippen molar-refractivity contribution in [1.82, 2.24) is 20.4 Å². The van der Waals surface area contributed by atoms with Gasteiger partial charge in [0, 0.05) is 84.2 Å². The maximum atomic E-state index is 12.7. The molecule has 0 spiro atoms. The number of carbonyl (C=O) groups excluding carboxylic acids is 5. The molecular formula is C32H51N5O6. The summed E-state index contributed by atoms with van der Waals surface area (Å²) in [6.07, 6.45) is 4.77. The SMILES string of the molecule is CN/C(C)=C\C(=O)Cc1ccc(N(C)C(=O)CC(=O)N(C)CCOCCCN(C)C(=O)NCCCCC(C)C(C)=O)cc1. The second-order valence-corrected chi connectivity index (χ2v) is 11.0. The molecule has 1 aromatic carbocycles. The zero-order valence-corrected chi connectivity index (χ0v) is 27.0. The van der Waals surface area contributed by atoms with Crippen LogP contribution < -0.4 is 15.5 Å². The van der Waals surface area contributed by atoms with Gasteiger partial charge in [-0.2, -0.15) is 0 Å². The molecule has 0 saturated heterocycles. The quantitative estimate of drug-likeness (QED) is 0.133. The van der Waals surface area contributed by atoms with Crippen LogP contribution in [0, 0.1) is 5.92 Å². The average Bonchev–Trinajstić information content (AvgIpc) is 2.97. The number of ether oxygens (including phenoxy) is 1. The van der Waals surface area contributed by atoms with Crippen LogP contribution in [-0.4, -0.2) is 100 Å². The van der Waals surface area contributed by atoms with E-state index in [0.29, 0.717) is 45.0 Å². The lowest BCUT2D eigenvalue weighted by Crippen LogP contribution is -2.38. The maximum absolute atomic E-state index is 12.7. The summed E-state index contributed by atoms with van der Waals surface area (Å²) in [5.74, 6) is -0.392. The van der Waals surface area contributed by atoms with Crippen molar-refractivity contribution < 1.29 is 28.7 Å². The highest BCUT2D eigenvalue weighted by Crippen LogP contribution is 2.16. The molecule has 0 aromatic heterocycles. The van der Waals surface area contributed by atoms with Crippen molar-refractivity contribution in [2.45, 2.75) is 59.3 Å². The Bertz CT molecular complexity index is 1090. The molecule has 240 valence electrons. The van der Waals surface area contributed by atoms with Gasteiger partial charge in [0.15, 0.2) is 5.78 Å². The molecule has 1 rings (SSSR count). The van der Waals surface area contributed by atoms with Gasteiger partial charge in [-0.05, 0) is 50.8 Å². The van der Waals surface area contributed by atoms with Crippen molar-refractivity contribution >= 4 is 35.1 Å². The summed E-state index contributed by atoms with van der Waals surface area (Å²) in [5.41, 5.74) is 2.27. The number of ketones is 2. The highest BCUT2D eigenvalue weighted by atomic mass is 16.5. The van der Waals surface area contributed by atoms with Gasteiger partial charge in [-0.25, -0.2) is 4.79 Å². The fourth-order valence-electron chi connectivity index (χ4n) is 3.97. The van der Waals surface area contributed by atoms with Crippen molar-refractivity contribution in [3.8, 4) is 0 Å². The van der Waals surface area contributed by atoms with Gasteiger partial charge in [0.05, 0.1) is 6.61 Å². The number of hydrogen-bond donors (Lipinski definition) is 2. The van der Waals surface area contributed by atoms with Crippen LogP contribution in [-0.2, 0) is 30.3 Å². The Morgan fingerprint density at radius 3 is 2.19 bits per heavy atom. The third-order valence-corrected chi connectivity index (χ3v) is 7.31. The standard InChI is InChI=1S/C32H51N5O6/c1-24(26(3)38)11-8-9-16-34-32(42)36(6)17-10-19-43-20-18-35(5)30(40)23-31(41)37(7)28-14-12-27(13-15-28)22-29(39)21-25(2)33-4/h12-15,21,24,33H,8-11,16-20,22-23H2,1-7H3,(H,34,42)/b25-21-. The molecule has 0 aliphatic heterocycles. The molecule has 0 fully saturated rings. The van der Waals surface area contributed by atoms with E-state index in [4.69, 9.17) is 4.74 Å². The van der Waals surface area contributed by atoms with Gasteiger partial charge >= 0.3 is 6.03 Å². The number of allylic oxidation sites excluding steroid dienone is 2. The van der Waals surface area contributed by atoms with Gasteiger partial charge in [0.25, 0.3) is 0 Å². The number of Topliss-reactive ketones (excluding diaryl/α,β-unsaturated/α-hetero) is 1. The molecule has 2 N–H and O–H groups in total. The minimum absolute atomic E-state index is 0.0169. The van der Waals surface area contributed by atoms with E-state index in [1.165, 1.54) is 9.80 Å². The highest BCUT2D eigenvalue weighted by Gasteiger charge is 2.18. The lowest BCUT2D eigenvalue weighted by atomic mass is 10.0. The summed E-state index contributed by atoms with van der Waals surface area (Å²) < 4.78 is 5.62. The van der Waals surface area contributed by atoms with E-state index in [1.807, 2.05) is 13.8 Å². The van der Waals surface area contributed by atoms with E-state index in [0.717, 1.165) is 30.5 Å². The Balaban J connectivity index is 2.27. The second-order valence-electron chi connectivity index (χ2n) is 11.0. The second kappa shape index (κ2) is 20.2. The minimum Gasteiger partial charge on any atom is -0.392 e. The summed E-state index contributed by atoms with van der Waals surface area (Å²) in [7, 11) is 6.74. The smallest absolute Gasteiger partial charge is 0.317 e. The Labute approximate surface area is 257 Å². The first-order chi connectivity index (χ1) is 20.3. The fraction of sp³-hybridized carbons (Fsp3) is 0.594. The Morgan fingerprint density at radius 1 is 0.884 bits per heavy atom. The summed E-state index contributed by atoms with van der Waals surface area (Å²) in [6.45, 7) is 7.57. The van der Waals surface area contributed by atoms with Gasteiger partial charge in [0.2, 0.25) is 11.8 Å². The van der Waals surface area contributed by atoms with E-state index in [1.54, 1.807) is 70.4 Å². The summed E-state index contributed by atoms with van der Waals surface area (Å²) >= 11 is 0. The lowest BCUT2D eigenvalue weighted by Gasteiger charge is -2.21. The zero-order chi connectivity index (χ0) is 32.4. The van der Waals surface area contributed by atoms with Crippen LogP contribution in [0.25, 0.3) is 0 Å². The van der Waals surface area contributed by atoms with Crippen LogP contribution in [0.3, 0.4) is 0 Å². The predicted molar refractivity (Wildman–Crippen MR) is 169 cm³/mol. The first kappa shape index (κ1) is 37.3. The Hall–Kier alpha value is -3.73. The molecule has 0 aliphatic rings. The predicted octanol–water partition coefficient (Wildman–Crippen LogP) is 3.18. The molecule has 0 heterocycles. The first-order valence-electron chi connectivity index (χ1n) is 14.9. The molecule has 1 unspecified atom stereocenters. The van der Waals surface area contributed by atoms with E-state index in [-0.39, 0.29) is 48.2 Å². The number of nitrogens with one attached hydrogen (secondary N) is 2. The Morgan fingerprint density at radius 2 is 1.56 bits per heavy atom. The van der Waals surface area contributed by atoms with Gasteiger partial charge in [-0.1, -0.05) is 25.5 Å². The van der Waals surface area contributed by atoms with Crippen LogP contribution in [0.5, 0.6) is 0 Å². The third kappa shape index (κ3) is 15.3. The van der Waals surface area contributed by atoms with Gasteiger partial charge in [0.1, 0.15) is 12.2 Å². The molecule has 0 saturated carbocycles. The number of carbonyl (C=O) groups is 5. The topological polar surface area (TPSA) is 128 Å². The number of unbranched alkanes of at least 4 members (excludes halogenated alkanes) is 1. The fourth-order valence-corrected chi connectivity index (χ4v) is 3.97. The van der Waals surface area contributed by atoms with Crippen LogP contribution in [0.15, 0.2) is 36.0 Å². The monoisotopic (exact) mass is 601 g/mol. The van der Waals surface area contributed by atoms with Crippen molar-refractivity contribution in [1.29, 1.82) is 0 Å². The number of amides is 4. The van der Waals surface area contributed by atoms with Crippen LogP contribution in [0.2, 0.25) is 0 Å². The molecular weight excluding hydrogens is 550 g/mol. The number of rotatable bonds is 20. The van der Waals surface area contributed by atoms with E-state index < -0.39 is 0 Å². The van der Waals surface area contributed by atoms with Crippen LogP contribution in [0.1, 0.15) is 58.4 Å². The van der Waals surface area contributed by atoms with Crippen LogP contribution >= 0.6 is 0 Å². The summed E-state index contributed by atoms with van der Waals surface area (Å²) in [5, 5.41) is 5.80. The number of anilines is 1. The molecule has 1 aromatic rings. The molecule has 0 radical (unpaired) electrons. The number of likely N-dealkylation sites (N-methyl/N-ethyl adjacent to an activating group) is 1. The van der Waals surface area contributed by atoms with E-state index in [2.05, 4.69) is 10.6 Å². The van der Waals surface area contributed by atoms with Crippen molar-refractivity contribution in [3.05, 3.63) is 41.6 Å². The van der Waals surface area contributed by atoms with Crippen molar-refractivity contribution in [2.75, 3.05) is 65.9 Å². The minimum atomic E-state index is -0.332. The van der Waals surface area contributed by atoms with E-state index >= 15 is 0 Å². The molecule has 4 amide bonds. The van der Waals surface area contributed by atoms with Gasteiger partial charge < -0.3 is 30.1 Å². The van der Waals surface area contributed by atoms with Crippen molar-refractivity contribution in [2.24, 2.45) is 5.92 Å². The highest BCUT2D eigenvalue weighted by molar-refractivity contribution is 6.04. The largest absolute Gasteiger partial charge is 0.392 e.